The smallest absolute Gasteiger partial charge is 0.211 e. The van der Waals surface area contributed by atoms with E-state index in [0.717, 1.165) is 6.20 Å². The molecule has 0 aliphatic carbocycles. The molecule has 2 aromatic heterocycles. The van der Waals surface area contributed by atoms with Crippen molar-refractivity contribution >= 4 is 17.1 Å². The van der Waals surface area contributed by atoms with E-state index in [1.807, 2.05) is 0 Å². The highest BCUT2D eigenvalue weighted by molar-refractivity contribution is 7.16. The van der Waals surface area contributed by atoms with Gasteiger partial charge < -0.3 is 0 Å². The Bertz CT molecular complexity index is 476. The lowest BCUT2D eigenvalue weighted by Crippen LogP contribution is -1.91. The van der Waals surface area contributed by atoms with E-state index in [-0.39, 0.29) is 5.78 Å². The zero-order chi connectivity index (χ0) is 10.1. The number of aromatic nitrogens is 3. The first-order valence-corrected chi connectivity index (χ1v) is 4.66. The lowest BCUT2D eigenvalue weighted by atomic mass is 10.4. The third kappa shape index (κ3) is 1.56. The molecule has 0 radical (unpaired) electrons. The van der Waals surface area contributed by atoms with Gasteiger partial charge in [-0.1, -0.05) is 11.3 Å². The van der Waals surface area contributed by atoms with Crippen molar-refractivity contribution in [2.24, 2.45) is 0 Å². The Morgan fingerprint density at radius 2 is 2.36 bits per heavy atom. The van der Waals surface area contributed by atoms with E-state index in [4.69, 9.17) is 0 Å². The van der Waals surface area contributed by atoms with E-state index in [2.05, 4.69) is 10.1 Å². The number of ketones is 1. The second-order valence-corrected chi connectivity index (χ2v) is 3.68. The number of hydrogen-bond donors (Lipinski definition) is 0. The number of hydrogen-bond acceptors (Lipinski definition) is 4. The minimum absolute atomic E-state index is 0.0543. The molecule has 0 N–H and O–H groups in total. The molecule has 14 heavy (non-hydrogen) atoms. The van der Waals surface area contributed by atoms with Gasteiger partial charge in [0.25, 0.3) is 0 Å². The van der Waals surface area contributed by atoms with Crippen molar-refractivity contribution in [1.29, 1.82) is 0 Å². The van der Waals surface area contributed by atoms with Gasteiger partial charge in [-0.25, -0.2) is 14.1 Å². The number of nitrogens with zero attached hydrogens (tertiary/aromatic N) is 3. The van der Waals surface area contributed by atoms with Crippen LogP contribution in [0.15, 0.2) is 18.6 Å². The van der Waals surface area contributed by atoms with Gasteiger partial charge >= 0.3 is 0 Å². The van der Waals surface area contributed by atoms with Crippen molar-refractivity contribution in [3.63, 3.8) is 0 Å². The van der Waals surface area contributed by atoms with Crippen LogP contribution < -0.4 is 0 Å². The molecular formula is C8H6FN3OS. The first-order valence-electron chi connectivity index (χ1n) is 3.84. The Morgan fingerprint density at radius 1 is 1.57 bits per heavy atom. The summed E-state index contributed by atoms with van der Waals surface area (Å²) in [6.45, 7) is 1.46. The number of rotatable bonds is 2. The molecule has 0 saturated heterocycles. The molecule has 0 unspecified atom stereocenters. The SMILES string of the molecule is CC(=O)c1cnc(-n2cc(F)cn2)s1. The van der Waals surface area contributed by atoms with Crippen LogP contribution in [-0.2, 0) is 0 Å². The van der Waals surface area contributed by atoms with Gasteiger partial charge in [0, 0.05) is 6.92 Å². The number of carbonyl (C=O) groups is 1. The summed E-state index contributed by atoms with van der Waals surface area (Å²) in [5.74, 6) is -0.481. The Morgan fingerprint density at radius 3 is 2.86 bits per heavy atom. The summed E-state index contributed by atoms with van der Waals surface area (Å²) in [7, 11) is 0. The van der Waals surface area contributed by atoms with Crippen LogP contribution in [0.1, 0.15) is 16.6 Å². The topological polar surface area (TPSA) is 47.8 Å². The maximum atomic E-state index is 12.6. The predicted molar refractivity (Wildman–Crippen MR) is 49.2 cm³/mol. The van der Waals surface area contributed by atoms with Crippen LogP contribution in [0, 0.1) is 5.82 Å². The highest BCUT2D eigenvalue weighted by atomic mass is 32.1. The maximum Gasteiger partial charge on any atom is 0.211 e. The monoisotopic (exact) mass is 211 g/mol. The van der Waals surface area contributed by atoms with Crippen molar-refractivity contribution in [2.45, 2.75) is 6.92 Å². The van der Waals surface area contributed by atoms with Gasteiger partial charge in [-0.2, -0.15) is 5.10 Å². The quantitative estimate of drug-likeness (QED) is 0.710. The summed E-state index contributed by atoms with van der Waals surface area (Å²) in [4.78, 5) is 15.5. The molecular weight excluding hydrogens is 205 g/mol. The van der Waals surface area contributed by atoms with Crippen molar-refractivity contribution in [2.75, 3.05) is 0 Å². The average molecular weight is 211 g/mol. The summed E-state index contributed by atoms with van der Waals surface area (Å²) in [5.41, 5.74) is 0. The Kier molecular flexibility index (Phi) is 2.12. The number of thiazole rings is 1. The zero-order valence-corrected chi connectivity index (χ0v) is 8.08. The first-order chi connectivity index (χ1) is 6.66. The van der Waals surface area contributed by atoms with Crippen molar-refractivity contribution in [3.8, 4) is 5.13 Å². The molecule has 6 heteroatoms. The van der Waals surface area contributed by atoms with Gasteiger partial charge in [0.05, 0.1) is 23.5 Å². The molecule has 0 bridgehead atoms. The molecule has 0 aromatic carbocycles. The summed E-state index contributed by atoms with van der Waals surface area (Å²) in [5, 5.41) is 4.22. The van der Waals surface area contributed by atoms with Crippen LogP contribution in [0.5, 0.6) is 0 Å². The Labute approximate surface area is 83.0 Å². The molecule has 0 fully saturated rings. The van der Waals surface area contributed by atoms with Crippen LogP contribution in [0.2, 0.25) is 0 Å². The zero-order valence-electron chi connectivity index (χ0n) is 7.27. The normalized spacial score (nSPS) is 10.4. The molecule has 4 nitrogen and oxygen atoms in total. The molecule has 0 amide bonds. The fourth-order valence-corrected chi connectivity index (χ4v) is 1.68. The molecule has 0 aliphatic rings. The fraction of sp³-hybridized carbons (Fsp3) is 0.125. The number of carbonyl (C=O) groups excluding carboxylic acids is 1. The summed E-state index contributed by atoms with van der Waals surface area (Å²) >= 11 is 1.18. The van der Waals surface area contributed by atoms with Gasteiger partial charge in [0.2, 0.25) is 5.13 Å². The van der Waals surface area contributed by atoms with Gasteiger partial charge in [-0.15, -0.1) is 0 Å². The van der Waals surface area contributed by atoms with E-state index >= 15 is 0 Å². The second-order valence-electron chi connectivity index (χ2n) is 2.67. The first kappa shape index (κ1) is 9.01. The minimum Gasteiger partial charge on any atom is -0.294 e. The van der Waals surface area contributed by atoms with Crippen LogP contribution in [0.3, 0.4) is 0 Å². The van der Waals surface area contributed by atoms with Crippen LogP contribution >= 0.6 is 11.3 Å². The van der Waals surface area contributed by atoms with E-state index in [9.17, 15) is 9.18 Å². The molecule has 2 rings (SSSR count). The molecule has 0 saturated carbocycles. The predicted octanol–water partition coefficient (Wildman–Crippen LogP) is 1.67. The third-order valence-corrected chi connectivity index (χ3v) is 2.68. The second kappa shape index (κ2) is 3.30. The molecule has 2 heterocycles. The summed E-state index contributed by atoms with van der Waals surface area (Å²) in [6, 6.07) is 0. The fourth-order valence-electron chi connectivity index (χ4n) is 0.939. The lowest BCUT2D eigenvalue weighted by Gasteiger charge is -1.90. The van der Waals surface area contributed by atoms with Crippen LogP contribution in [-0.4, -0.2) is 20.5 Å². The number of Topliss-reactive ketones (excluding diaryl/α,β-unsaturated/α-hetero) is 1. The molecule has 2 aromatic rings. The maximum absolute atomic E-state index is 12.6. The van der Waals surface area contributed by atoms with E-state index in [1.165, 1.54) is 35.3 Å². The van der Waals surface area contributed by atoms with Gasteiger partial charge in [0.1, 0.15) is 0 Å². The molecule has 0 spiro atoms. The van der Waals surface area contributed by atoms with E-state index in [1.54, 1.807) is 0 Å². The van der Waals surface area contributed by atoms with E-state index < -0.39 is 5.82 Å². The Balaban J connectivity index is 2.38. The van der Waals surface area contributed by atoms with Crippen molar-refractivity contribution in [3.05, 3.63) is 29.3 Å². The van der Waals surface area contributed by atoms with Gasteiger partial charge in [-0.05, 0) is 0 Å². The standard InChI is InChI=1S/C8H6FN3OS/c1-5(13)7-3-10-8(14-7)12-4-6(9)2-11-12/h2-4H,1H3. The summed E-state index contributed by atoms with van der Waals surface area (Å²) < 4.78 is 13.9. The summed E-state index contributed by atoms with van der Waals surface area (Å²) in [6.07, 6.45) is 3.76. The van der Waals surface area contributed by atoms with Crippen LogP contribution in [0.4, 0.5) is 4.39 Å². The van der Waals surface area contributed by atoms with Crippen molar-refractivity contribution < 1.29 is 9.18 Å². The highest BCUT2D eigenvalue weighted by Crippen LogP contribution is 2.17. The Hall–Kier alpha value is -1.56. The van der Waals surface area contributed by atoms with Crippen molar-refractivity contribution in [1.82, 2.24) is 14.8 Å². The lowest BCUT2D eigenvalue weighted by molar-refractivity contribution is 0.102. The average Bonchev–Trinajstić information content (AvgIpc) is 2.70. The molecule has 72 valence electrons. The molecule has 0 aliphatic heterocycles. The molecule has 0 atom stereocenters. The van der Waals surface area contributed by atoms with E-state index in [0.29, 0.717) is 10.0 Å². The number of halogens is 1. The third-order valence-electron chi connectivity index (χ3n) is 1.59. The largest absolute Gasteiger partial charge is 0.294 e. The van der Waals surface area contributed by atoms with Gasteiger partial charge in [-0.3, -0.25) is 4.79 Å². The highest BCUT2D eigenvalue weighted by Gasteiger charge is 2.08. The van der Waals surface area contributed by atoms with Gasteiger partial charge in [0.15, 0.2) is 11.6 Å². The van der Waals surface area contributed by atoms with Crippen LogP contribution in [0.25, 0.3) is 5.13 Å². The minimum atomic E-state index is -0.426.